The van der Waals surface area contributed by atoms with Gasteiger partial charge in [0.25, 0.3) is 5.69 Å². The molecule has 0 fully saturated rings. The van der Waals surface area contributed by atoms with E-state index in [9.17, 15) is 20.2 Å². The number of thiophene rings is 2. The second-order valence-corrected chi connectivity index (χ2v) is 14.2. The minimum Gasteiger partial charge on any atom is -0.258 e. The van der Waals surface area contributed by atoms with Crippen LogP contribution in [0.4, 0.5) is 22.7 Å². The van der Waals surface area contributed by atoms with E-state index in [-0.39, 0.29) is 17.4 Å². The number of nitro benzene ring substituents is 2. The van der Waals surface area contributed by atoms with Crippen LogP contribution in [0, 0.1) is 20.2 Å². The Labute approximate surface area is 308 Å². The van der Waals surface area contributed by atoms with Crippen LogP contribution in [0.5, 0.6) is 11.5 Å². The van der Waals surface area contributed by atoms with Crippen LogP contribution in [0.25, 0.3) is 26.3 Å². The largest absolute Gasteiger partial charge is 0.318 e. The minimum atomic E-state index is -0.661. The van der Waals surface area contributed by atoms with Crippen LogP contribution in [-0.4, -0.2) is 16.8 Å². The van der Waals surface area contributed by atoms with Gasteiger partial charge in [0.2, 0.25) is 5.75 Å². The van der Waals surface area contributed by atoms with Crippen molar-refractivity contribution >= 4 is 58.4 Å². The molecule has 7 aromatic rings. The molecule has 0 aliphatic carbocycles. The summed E-state index contributed by atoms with van der Waals surface area (Å²) in [6, 6.07) is 38.5. The first-order valence-electron chi connectivity index (χ1n) is 16.5. The SMILES string of the molecule is O=[N+]([O-])c1ccc(Oc2cc(-c3ccc(-c4cccs4)s3)ccc2C=CC2c3ccccc3N(Cc3cbccc3)c3ccccc32)c([N+](=O)[O-])c1. The number of non-ortho nitro benzene ring substituents is 1. The van der Waals surface area contributed by atoms with Gasteiger partial charge in [-0.15, -0.1) is 22.7 Å². The first-order valence-corrected chi connectivity index (χ1v) is 18.2. The third-order valence-electron chi connectivity index (χ3n) is 9.02. The summed E-state index contributed by atoms with van der Waals surface area (Å²) in [5.74, 6) is 4.37. The molecule has 0 spiro atoms. The summed E-state index contributed by atoms with van der Waals surface area (Å²) in [5.41, 5.74) is 6.46. The zero-order valence-electron chi connectivity index (χ0n) is 27.5. The van der Waals surface area contributed by atoms with Crippen LogP contribution in [-0.2, 0) is 6.54 Å². The Morgan fingerprint density at radius 2 is 1.52 bits per heavy atom. The molecule has 3 aromatic heterocycles. The minimum absolute atomic E-state index is 0.0854. The van der Waals surface area contributed by atoms with Crippen LogP contribution < -0.4 is 9.64 Å². The van der Waals surface area contributed by atoms with Crippen molar-refractivity contribution in [3.63, 3.8) is 0 Å². The summed E-state index contributed by atoms with van der Waals surface area (Å²) in [6.45, 7) is 2.77. The number of hydrogen-bond donors (Lipinski definition) is 0. The molecule has 8 nitrogen and oxygen atoms in total. The fourth-order valence-electron chi connectivity index (χ4n) is 6.56. The first-order chi connectivity index (χ1) is 25.4. The van der Waals surface area contributed by atoms with Crippen LogP contribution in [0.3, 0.4) is 0 Å². The van der Waals surface area contributed by atoms with E-state index < -0.39 is 15.5 Å². The van der Waals surface area contributed by atoms with Crippen LogP contribution in [0.1, 0.15) is 28.2 Å². The number of para-hydroxylation sites is 2. The number of nitrogens with zero attached hydrogens (tertiary/aromatic N) is 3. The normalized spacial score (nSPS) is 12.3. The van der Waals surface area contributed by atoms with E-state index in [0.29, 0.717) is 11.3 Å². The summed E-state index contributed by atoms with van der Waals surface area (Å²) >= 11 is 3.32. The van der Waals surface area contributed by atoms with E-state index in [0.717, 1.165) is 50.4 Å². The summed E-state index contributed by atoms with van der Waals surface area (Å²) in [5, 5.41) is 25.6. The van der Waals surface area contributed by atoms with Gasteiger partial charge in [0.15, 0.2) is 0 Å². The predicted octanol–water partition coefficient (Wildman–Crippen LogP) is 11.6. The number of fused-ring (bicyclic) bond motifs is 2. The quantitative estimate of drug-likeness (QED) is 0.103. The van der Waals surface area contributed by atoms with Crippen LogP contribution in [0.2, 0.25) is 0 Å². The van der Waals surface area contributed by atoms with Gasteiger partial charge in [0, 0.05) is 20.7 Å². The Bertz CT molecular complexity index is 2420. The Morgan fingerprint density at radius 1 is 0.750 bits per heavy atom. The first kappa shape index (κ1) is 33.0. The second-order valence-electron chi connectivity index (χ2n) is 12.2. The van der Waals surface area contributed by atoms with Crippen molar-refractivity contribution in [2.24, 2.45) is 0 Å². The Balaban J connectivity index is 1.21. The summed E-state index contributed by atoms with van der Waals surface area (Å²) in [6.07, 6.45) is 4.14. The number of rotatable bonds is 10. The molecule has 11 heteroatoms. The Morgan fingerprint density at radius 3 is 2.21 bits per heavy atom. The molecule has 0 unspecified atom stereocenters. The molecular weight excluding hydrogens is 689 g/mol. The van der Waals surface area contributed by atoms with Crippen LogP contribution >= 0.6 is 22.7 Å². The number of ether oxygens (including phenoxy) is 1. The molecule has 8 rings (SSSR count). The standard InChI is InChI=1S/C41H28BN3O5S2/c46-44(47)30-16-18-37(36(24-30)45(48)49)50-38-23-29(39-19-20-41(52-39)40-12-6-22-51-40)14-13-28(38)15-17-31-32-8-1-3-10-34(32)43(26-27-7-5-21-42-25-27)35-11-4-2-9-33(31)35/h1-25,31H,26H2. The maximum atomic E-state index is 12.1. The molecule has 0 amide bonds. The number of hydrogen-bond acceptors (Lipinski definition) is 8. The average Bonchev–Trinajstić information content (AvgIpc) is 3.89. The summed E-state index contributed by atoms with van der Waals surface area (Å²) in [7, 11) is 0. The molecule has 4 heterocycles. The molecule has 252 valence electrons. The van der Waals surface area contributed by atoms with Gasteiger partial charge in [0.1, 0.15) is 0 Å². The van der Waals surface area contributed by atoms with Gasteiger partial charge in [-0.3, -0.25) is 20.2 Å². The Hall–Kier alpha value is -6.17. The number of benzene rings is 4. The molecule has 1 aliphatic heterocycles. The monoisotopic (exact) mass is 717 g/mol. The number of allylic oxidation sites excluding steroid dienone is 1. The van der Waals surface area contributed by atoms with E-state index in [1.165, 1.54) is 22.6 Å². The van der Waals surface area contributed by atoms with E-state index >= 15 is 0 Å². The molecule has 0 saturated heterocycles. The molecular formula is C41H28BN3O5S2. The van der Waals surface area contributed by atoms with Gasteiger partial charge >= 0.3 is 177 Å². The van der Waals surface area contributed by atoms with Crippen molar-refractivity contribution in [3.8, 4) is 31.7 Å². The van der Waals surface area contributed by atoms with Crippen molar-refractivity contribution in [2.75, 3.05) is 4.90 Å². The molecule has 0 saturated carbocycles. The van der Waals surface area contributed by atoms with E-state index in [2.05, 4.69) is 103 Å². The zero-order valence-corrected chi connectivity index (χ0v) is 29.1. The molecule has 0 atom stereocenters. The summed E-state index contributed by atoms with van der Waals surface area (Å²) in [4.78, 5) is 27.9. The maximum absolute atomic E-state index is 12.1. The van der Waals surface area contributed by atoms with Gasteiger partial charge < -0.3 is 0 Å². The van der Waals surface area contributed by atoms with E-state index in [1.807, 2.05) is 41.7 Å². The van der Waals surface area contributed by atoms with Crippen molar-refractivity contribution in [1.29, 1.82) is 0 Å². The topological polar surface area (TPSA) is 98.8 Å². The third-order valence-corrected chi connectivity index (χ3v) is 11.2. The smallest absolute Gasteiger partial charge is 0.258 e. The second kappa shape index (κ2) is 14.2. The molecule has 52 heavy (non-hydrogen) atoms. The fourth-order valence-corrected chi connectivity index (χ4v) is 8.40. The maximum Gasteiger partial charge on any atom is 0.318 e. The predicted molar refractivity (Wildman–Crippen MR) is 210 cm³/mol. The van der Waals surface area contributed by atoms with Crippen molar-refractivity contribution in [1.82, 2.24) is 0 Å². The molecule has 1 aliphatic rings. The van der Waals surface area contributed by atoms with Crippen molar-refractivity contribution in [2.45, 2.75) is 12.5 Å². The molecule has 0 bridgehead atoms. The van der Waals surface area contributed by atoms with Gasteiger partial charge in [-0.2, -0.15) is 0 Å². The average molecular weight is 718 g/mol. The van der Waals surface area contributed by atoms with Gasteiger partial charge in [0.05, 0.1) is 15.9 Å². The van der Waals surface area contributed by atoms with Gasteiger partial charge in [-0.05, 0) is 35.2 Å². The number of anilines is 2. The zero-order chi connectivity index (χ0) is 35.6. The molecule has 4 aromatic carbocycles. The third kappa shape index (κ3) is 6.55. The van der Waals surface area contributed by atoms with Gasteiger partial charge in [-0.1, -0.05) is 6.07 Å². The van der Waals surface area contributed by atoms with Crippen LogP contribution in [0.15, 0.2) is 145 Å². The fraction of sp³-hybridized carbons (Fsp3) is 0.0488. The van der Waals surface area contributed by atoms with E-state index in [1.54, 1.807) is 22.7 Å². The summed E-state index contributed by atoms with van der Waals surface area (Å²) < 4.78 is 6.32. The molecule has 0 radical (unpaired) electrons. The van der Waals surface area contributed by atoms with E-state index in [4.69, 9.17) is 4.74 Å². The van der Waals surface area contributed by atoms with Crippen molar-refractivity contribution < 1.29 is 14.6 Å². The number of nitro groups is 2. The van der Waals surface area contributed by atoms with Gasteiger partial charge in [-0.25, -0.2) is 0 Å². The molecule has 0 N–H and O–H groups in total. The Kier molecular flexibility index (Phi) is 9.03. The van der Waals surface area contributed by atoms with Crippen molar-refractivity contribution in [3.05, 3.63) is 187 Å².